The summed E-state index contributed by atoms with van der Waals surface area (Å²) in [6.45, 7) is 2.15. The molecule has 2 rings (SSSR count). The maximum atomic E-state index is 9.50. The summed E-state index contributed by atoms with van der Waals surface area (Å²) in [5.41, 5.74) is 0.525. The minimum absolute atomic E-state index is 0.0302. The Bertz CT molecular complexity index is 375. The van der Waals surface area contributed by atoms with Gasteiger partial charge in [0.15, 0.2) is 0 Å². The van der Waals surface area contributed by atoms with Crippen molar-refractivity contribution in [2.75, 3.05) is 6.61 Å². The molecule has 0 fully saturated rings. The smallest absolute Gasteiger partial charge is 0.136 e. The Balaban J connectivity index is 2.18. The van der Waals surface area contributed by atoms with Crippen molar-refractivity contribution in [3.05, 3.63) is 23.8 Å². The number of rotatable bonds is 4. The third-order valence-corrected chi connectivity index (χ3v) is 3.16. The van der Waals surface area contributed by atoms with Crippen molar-refractivity contribution < 1.29 is 14.9 Å². The van der Waals surface area contributed by atoms with Crippen LogP contribution in [0, 0.1) is 0 Å². The highest BCUT2D eigenvalue weighted by Crippen LogP contribution is 2.39. The number of aliphatic hydroxyl groups is 1. The standard InChI is InChI=1S/C13H18O3/c1-2-3-6-13(9-14)8-10-7-11(15)4-5-12(10)16-13/h4-5,7,14-15H,2-3,6,8-9H2,1H3. The predicted octanol–water partition coefficient (Wildman–Crippen LogP) is 2.25. The molecule has 1 aromatic rings. The van der Waals surface area contributed by atoms with Gasteiger partial charge < -0.3 is 14.9 Å². The Morgan fingerprint density at radius 1 is 1.44 bits per heavy atom. The van der Waals surface area contributed by atoms with Crippen LogP contribution in [0.2, 0.25) is 0 Å². The van der Waals surface area contributed by atoms with Gasteiger partial charge in [0, 0.05) is 12.0 Å². The number of fused-ring (bicyclic) bond motifs is 1. The Morgan fingerprint density at radius 2 is 2.25 bits per heavy atom. The van der Waals surface area contributed by atoms with Gasteiger partial charge >= 0.3 is 0 Å². The molecule has 1 unspecified atom stereocenters. The molecule has 3 heteroatoms. The molecule has 3 nitrogen and oxygen atoms in total. The summed E-state index contributed by atoms with van der Waals surface area (Å²) < 4.78 is 5.84. The van der Waals surface area contributed by atoms with E-state index in [-0.39, 0.29) is 12.4 Å². The number of aromatic hydroxyl groups is 1. The molecule has 2 N–H and O–H groups in total. The lowest BCUT2D eigenvalue weighted by molar-refractivity contribution is 0.0191. The molecule has 0 spiro atoms. The summed E-state index contributed by atoms with van der Waals surface area (Å²) in [6.07, 6.45) is 3.68. The molecular weight excluding hydrogens is 204 g/mol. The molecule has 0 amide bonds. The average Bonchev–Trinajstić information content (AvgIpc) is 2.65. The van der Waals surface area contributed by atoms with E-state index >= 15 is 0 Å². The van der Waals surface area contributed by atoms with Crippen molar-refractivity contribution in [1.82, 2.24) is 0 Å². The molecule has 1 heterocycles. The lowest BCUT2D eigenvalue weighted by atomic mass is 9.92. The lowest BCUT2D eigenvalue weighted by Gasteiger charge is -2.26. The van der Waals surface area contributed by atoms with Gasteiger partial charge in [-0.25, -0.2) is 0 Å². The number of hydrogen-bond acceptors (Lipinski definition) is 3. The van der Waals surface area contributed by atoms with Crippen LogP contribution in [0.1, 0.15) is 31.7 Å². The van der Waals surface area contributed by atoms with E-state index in [9.17, 15) is 10.2 Å². The van der Waals surface area contributed by atoms with Crippen molar-refractivity contribution in [2.24, 2.45) is 0 Å². The fourth-order valence-electron chi connectivity index (χ4n) is 2.23. The van der Waals surface area contributed by atoms with Gasteiger partial charge in [0.2, 0.25) is 0 Å². The van der Waals surface area contributed by atoms with Crippen molar-refractivity contribution in [1.29, 1.82) is 0 Å². The number of ether oxygens (including phenoxy) is 1. The van der Waals surface area contributed by atoms with Gasteiger partial charge in [0.1, 0.15) is 17.1 Å². The number of phenolic OH excluding ortho intramolecular Hbond substituents is 1. The van der Waals surface area contributed by atoms with E-state index in [0.29, 0.717) is 6.42 Å². The molecular formula is C13H18O3. The molecule has 0 aliphatic carbocycles. The lowest BCUT2D eigenvalue weighted by Crippen LogP contribution is -2.38. The first-order chi connectivity index (χ1) is 7.69. The van der Waals surface area contributed by atoms with E-state index < -0.39 is 5.60 Å². The fraction of sp³-hybridized carbons (Fsp3) is 0.538. The van der Waals surface area contributed by atoms with Gasteiger partial charge in [-0.15, -0.1) is 0 Å². The minimum Gasteiger partial charge on any atom is -0.508 e. The van der Waals surface area contributed by atoms with Crippen molar-refractivity contribution in [2.45, 2.75) is 38.2 Å². The van der Waals surface area contributed by atoms with Gasteiger partial charge in [0.25, 0.3) is 0 Å². The molecule has 1 aliphatic rings. The summed E-state index contributed by atoms with van der Waals surface area (Å²) in [5.74, 6) is 1.05. The average molecular weight is 222 g/mol. The van der Waals surface area contributed by atoms with Crippen LogP contribution in [-0.4, -0.2) is 22.4 Å². The van der Waals surface area contributed by atoms with E-state index in [2.05, 4.69) is 6.92 Å². The summed E-state index contributed by atoms with van der Waals surface area (Å²) in [4.78, 5) is 0. The molecule has 1 aliphatic heterocycles. The van der Waals surface area contributed by atoms with Gasteiger partial charge in [-0.05, 0) is 31.0 Å². The summed E-state index contributed by atoms with van der Waals surface area (Å²) in [7, 11) is 0. The van der Waals surface area contributed by atoms with Crippen LogP contribution in [0.25, 0.3) is 0 Å². The predicted molar refractivity (Wildman–Crippen MR) is 61.8 cm³/mol. The third-order valence-electron chi connectivity index (χ3n) is 3.16. The second-order valence-corrected chi connectivity index (χ2v) is 4.52. The fourth-order valence-corrected chi connectivity index (χ4v) is 2.23. The first-order valence-corrected chi connectivity index (χ1v) is 5.81. The highest BCUT2D eigenvalue weighted by Gasteiger charge is 2.38. The van der Waals surface area contributed by atoms with Gasteiger partial charge in [-0.3, -0.25) is 0 Å². The van der Waals surface area contributed by atoms with E-state index in [1.807, 2.05) is 0 Å². The topological polar surface area (TPSA) is 49.7 Å². The Labute approximate surface area is 95.7 Å². The zero-order valence-electron chi connectivity index (χ0n) is 9.57. The number of hydrogen-bond donors (Lipinski definition) is 2. The first kappa shape index (κ1) is 11.3. The summed E-state index contributed by atoms with van der Waals surface area (Å²) in [6, 6.07) is 5.11. The van der Waals surface area contributed by atoms with Gasteiger partial charge in [-0.2, -0.15) is 0 Å². The quantitative estimate of drug-likeness (QED) is 0.821. The number of phenols is 1. The highest BCUT2D eigenvalue weighted by atomic mass is 16.5. The van der Waals surface area contributed by atoms with Crippen LogP contribution in [0.5, 0.6) is 11.5 Å². The monoisotopic (exact) mass is 222 g/mol. The number of aliphatic hydroxyl groups excluding tert-OH is 1. The largest absolute Gasteiger partial charge is 0.508 e. The molecule has 0 saturated carbocycles. The Kier molecular flexibility index (Phi) is 3.06. The summed E-state index contributed by atoms with van der Waals surface area (Å²) >= 11 is 0. The van der Waals surface area contributed by atoms with Crippen LogP contribution in [-0.2, 0) is 6.42 Å². The Morgan fingerprint density at radius 3 is 2.94 bits per heavy atom. The second kappa shape index (κ2) is 4.34. The van der Waals surface area contributed by atoms with Crippen molar-refractivity contribution >= 4 is 0 Å². The van der Waals surface area contributed by atoms with Crippen LogP contribution < -0.4 is 4.74 Å². The molecule has 0 aromatic heterocycles. The normalized spacial score (nSPS) is 22.9. The highest BCUT2D eigenvalue weighted by molar-refractivity contribution is 5.44. The molecule has 88 valence electrons. The molecule has 0 saturated heterocycles. The third kappa shape index (κ3) is 2.00. The summed E-state index contributed by atoms with van der Waals surface area (Å²) in [5, 5.41) is 18.9. The van der Waals surface area contributed by atoms with Crippen molar-refractivity contribution in [3.63, 3.8) is 0 Å². The molecule has 1 aromatic carbocycles. The van der Waals surface area contributed by atoms with Crippen LogP contribution in [0.15, 0.2) is 18.2 Å². The van der Waals surface area contributed by atoms with E-state index in [1.165, 1.54) is 0 Å². The zero-order chi connectivity index (χ0) is 11.6. The van der Waals surface area contributed by atoms with Crippen molar-refractivity contribution in [3.8, 4) is 11.5 Å². The maximum Gasteiger partial charge on any atom is 0.136 e. The Hall–Kier alpha value is -1.22. The number of benzene rings is 1. The molecule has 0 radical (unpaired) electrons. The van der Waals surface area contributed by atoms with Crippen LogP contribution in [0.4, 0.5) is 0 Å². The van der Waals surface area contributed by atoms with Crippen LogP contribution >= 0.6 is 0 Å². The molecule has 0 bridgehead atoms. The van der Waals surface area contributed by atoms with Gasteiger partial charge in [-0.1, -0.05) is 13.3 Å². The SMILES string of the molecule is CCCCC1(CO)Cc2cc(O)ccc2O1. The maximum absolute atomic E-state index is 9.50. The van der Waals surface area contributed by atoms with E-state index in [0.717, 1.165) is 30.6 Å². The molecule has 16 heavy (non-hydrogen) atoms. The van der Waals surface area contributed by atoms with Crippen LogP contribution in [0.3, 0.4) is 0 Å². The van der Waals surface area contributed by atoms with E-state index in [4.69, 9.17) is 4.74 Å². The second-order valence-electron chi connectivity index (χ2n) is 4.52. The molecule has 1 atom stereocenters. The zero-order valence-corrected chi connectivity index (χ0v) is 9.57. The number of unbranched alkanes of at least 4 members (excludes halogenated alkanes) is 1. The van der Waals surface area contributed by atoms with E-state index in [1.54, 1.807) is 18.2 Å². The first-order valence-electron chi connectivity index (χ1n) is 5.81. The van der Waals surface area contributed by atoms with Gasteiger partial charge in [0.05, 0.1) is 6.61 Å². The minimum atomic E-state index is -0.466.